The molecular formula is C20H19N3O3S. The van der Waals surface area contributed by atoms with Gasteiger partial charge in [-0.1, -0.05) is 12.1 Å². The molecule has 0 aliphatic carbocycles. The molecule has 0 spiro atoms. The molecule has 7 heteroatoms. The Hall–Kier alpha value is -2.93. The van der Waals surface area contributed by atoms with Crippen molar-refractivity contribution in [1.82, 2.24) is 15.2 Å². The van der Waals surface area contributed by atoms with Crippen LogP contribution in [-0.2, 0) is 17.8 Å². The summed E-state index contributed by atoms with van der Waals surface area (Å²) in [4.78, 5) is 32.4. The molecule has 1 aliphatic rings. The quantitative estimate of drug-likeness (QED) is 0.737. The van der Waals surface area contributed by atoms with E-state index in [1.54, 1.807) is 17.4 Å². The van der Waals surface area contributed by atoms with Crippen molar-refractivity contribution in [2.45, 2.75) is 18.9 Å². The summed E-state index contributed by atoms with van der Waals surface area (Å²) in [5, 5.41) is 4.83. The topological polar surface area (TPSA) is 75.4 Å². The van der Waals surface area contributed by atoms with Gasteiger partial charge in [-0.3, -0.25) is 14.6 Å². The fourth-order valence-electron chi connectivity index (χ4n) is 3.28. The third-order valence-corrected chi connectivity index (χ3v) is 5.46. The van der Waals surface area contributed by atoms with Crippen LogP contribution in [-0.4, -0.2) is 34.8 Å². The summed E-state index contributed by atoms with van der Waals surface area (Å²) in [6.45, 7) is 1.27. The lowest BCUT2D eigenvalue weighted by atomic mass is 9.93. The zero-order valence-corrected chi connectivity index (χ0v) is 15.4. The van der Waals surface area contributed by atoms with Crippen molar-refractivity contribution in [3.63, 3.8) is 0 Å². The predicted molar refractivity (Wildman–Crippen MR) is 101 cm³/mol. The lowest BCUT2D eigenvalue weighted by molar-refractivity contribution is -0.123. The normalized spacial score (nSPS) is 16.0. The van der Waals surface area contributed by atoms with E-state index in [4.69, 9.17) is 4.42 Å². The number of aromatic nitrogens is 1. The second-order valence-corrected chi connectivity index (χ2v) is 7.33. The molecule has 0 saturated carbocycles. The molecule has 4 heterocycles. The minimum atomic E-state index is -0.476. The number of nitrogens with zero attached hydrogens (tertiary/aromatic N) is 2. The van der Waals surface area contributed by atoms with E-state index in [1.807, 2.05) is 41.8 Å². The Bertz CT molecular complexity index is 922. The van der Waals surface area contributed by atoms with Crippen molar-refractivity contribution in [3.8, 4) is 0 Å². The Morgan fingerprint density at radius 2 is 2.19 bits per heavy atom. The van der Waals surface area contributed by atoms with Crippen molar-refractivity contribution in [3.05, 3.63) is 76.1 Å². The number of rotatable bonds is 5. The molecule has 3 aromatic heterocycles. The van der Waals surface area contributed by atoms with Crippen LogP contribution in [0.1, 0.15) is 32.6 Å². The van der Waals surface area contributed by atoms with Gasteiger partial charge in [-0.2, -0.15) is 0 Å². The highest BCUT2D eigenvalue weighted by Gasteiger charge is 2.34. The first-order valence-corrected chi connectivity index (χ1v) is 9.67. The number of fused-ring (bicyclic) bond motifs is 1. The molecule has 3 aromatic rings. The van der Waals surface area contributed by atoms with Crippen LogP contribution >= 0.6 is 11.3 Å². The zero-order valence-electron chi connectivity index (χ0n) is 14.6. The largest absolute Gasteiger partial charge is 0.469 e. The number of amides is 2. The van der Waals surface area contributed by atoms with Crippen LogP contribution in [0.2, 0.25) is 0 Å². The van der Waals surface area contributed by atoms with E-state index in [0.717, 1.165) is 17.0 Å². The van der Waals surface area contributed by atoms with Crippen LogP contribution in [0.15, 0.2) is 58.7 Å². The Labute approximate surface area is 160 Å². The molecule has 0 radical (unpaired) electrons. The summed E-state index contributed by atoms with van der Waals surface area (Å²) in [5.74, 6) is 0.181. The van der Waals surface area contributed by atoms with E-state index >= 15 is 0 Å². The van der Waals surface area contributed by atoms with Crippen LogP contribution < -0.4 is 5.32 Å². The zero-order chi connectivity index (χ0) is 18.6. The van der Waals surface area contributed by atoms with E-state index in [0.29, 0.717) is 30.9 Å². The van der Waals surface area contributed by atoms with E-state index in [1.165, 1.54) is 11.3 Å². The number of carbonyl (C=O) groups is 2. The molecular weight excluding hydrogens is 362 g/mol. The second kappa shape index (κ2) is 7.75. The monoisotopic (exact) mass is 381 g/mol. The number of hydrogen-bond acceptors (Lipinski definition) is 5. The van der Waals surface area contributed by atoms with Gasteiger partial charge in [-0.05, 0) is 35.2 Å². The molecule has 0 aromatic carbocycles. The molecule has 0 bridgehead atoms. The van der Waals surface area contributed by atoms with Gasteiger partial charge in [-0.25, -0.2) is 0 Å². The smallest absolute Gasteiger partial charge is 0.264 e. The molecule has 1 atom stereocenters. The molecule has 4 rings (SSSR count). The summed E-state index contributed by atoms with van der Waals surface area (Å²) in [7, 11) is 0. The van der Waals surface area contributed by atoms with Crippen molar-refractivity contribution in [2.75, 3.05) is 13.1 Å². The number of nitrogens with one attached hydrogen (secondary N) is 1. The maximum atomic E-state index is 12.8. The van der Waals surface area contributed by atoms with Gasteiger partial charge in [0.2, 0.25) is 5.91 Å². The molecule has 0 saturated heterocycles. The van der Waals surface area contributed by atoms with Gasteiger partial charge in [-0.15, -0.1) is 11.3 Å². The second-order valence-electron chi connectivity index (χ2n) is 6.38. The van der Waals surface area contributed by atoms with Crippen molar-refractivity contribution in [1.29, 1.82) is 0 Å². The molecule has 0 fully saturated rings. The van der Waals surface area contributed by atoms with Crippen LogP contribution in [0.3, 0.4) is 0 Å². The van der Waals surface area contributed by atoms with E-state index in [9.17, 15) is 9.59 Å². The molecule has 27 heavy (non-hydrogen) atoms. The number of thiophene rings is 1. The summed E-state index contributed by atoms with van der Waals surface area (Å²) >= 11 is 1.41. The average Bonchev–Trinajstić information content (AvgIpc) is 3.40. The Morgan fingerprint density at radius 1 is 1.26 bits per heavy atom. The van der Waals surface area contributed by atoms with Crippen LogP contribution in [0, 0.1) is 0 Å². The van der Waals surface area contributed by atoms with Crippen LogP contribution in [0.25, 0.3) is 0 Å². The fraction of sp³-hybridized carbons (Fsp3) is 0.250. The summed E-state index contributed by atoms with van der Waals surface area (Å²) in [6, 6.07) is 11.1. The minimum absolute atomic E-state index is 0.0483. The maximum absolute atomic E-state index is 12.8. The van der Waals surface area contributed by atoms with E-state index < -0.39 is 5.92 Å². The first kappa shape index (κ1) is 17.5. The van der Waals surface area contributed by atoms with Crippen molar-refractivity contribution in [2.24, 2.45) is 0 Å². The van der Waals surface area contributed by atoms with E-state index in [2.05, 4.69) is 10.3 Å². The Kier molecular flexibility index (Phi) is 5.02. The Morgan fingerprint density at radius 3 is 2.96 bits per heavy atom. The fourth-order valence-corrected chi connectivity index (χ4v) is 3.97. The first-order valence-electron chi connectivity index (χ1n) is 8.79. The molecule has 1 N–H and O–H groups in total. The first-order chi connectivity index (χ1) is 13.2. The van der Waals surface area contributed by atoms with Crippen molar-refractivity contribution < 1.29 is 14.0 Å². The number of carbonyl (C=O) groups excluding carboxylic acids is 2. The van der Waals surface area contributed by atoms with Gasteiger partial charge in [0, 0.05) is 32.3 Å². The van der Waals surface area contributed by atoms with Gasteiger partial charge in [0.1, 0.15) is 5.76 Å². The molecule has 1 unspecified atom stereocenters. The maximum Gasteiger partial charge on any atom is 0.264 e. The highest BCUT2D eigenvalue weighted by atomic mass is 32.1. The van der Waals surface area contributed by atoms with Gasteiger partial charge < -0.3 is 14.6 Å². The number of furan rings is 1. The molecule has 138 valence electrons. The lowest BCUT2D eigenvalue weighted by Gasteiger charge is -2.33. The van der Waals surface area contributed by atoms with Gasteiger partial charge in [0.05, 0.1) is 22.8 Å². The van der Waals surface area contributed by atoms with Gasteiger partial charge in [0.25, 0.3) is 5.91 Å². The third kappa shape index (κ3) is 3.78. The summed E-state index contributed by atoms with van der Waals surface area (Å²) in [5.41, 5.74) is 1.67. The highest BCUT2D eigenvalue weighted by molar-refractivity contribution is 7.12. The standard InChI is InChI=1S/C20H19N3O3S/c24-19(22-9-7-15-5-2-10-26-15)16-13-23(20(25)17-6-3-11-27-17)12-14-4-1-8-21-18(14)16/h1-6,8,10-11,16H,7,9,12-13H2,(H,22,24). The Balaban J connectivity index is 1.49. The van der Waals surface area contributed by atoms with Crippen molar-refractivity contribution >= 4 is 23.2 Å². The highest BCUT2D eigenvalue weighted by Crippen LogP contribution is 2.28. The predicted octanol–water partition coefficient (Wildman–Crippen LogP) is 2.83. The van der Waals surface area contributed by atoms with Gasteiger partial charge in [0.15, 0.2) is 0 Å². The SMILES string of the molecule is O=C(NCCc1ccco1)C1CN(C(=O)c2cccs2)Cc2cccnc21. The van der Waals surface area contributed by atoms with Crippen LogP contribution in [0.4, 0.5) is 0 Å². The third-order valence-electron chi connectivity index (χ3n) is 4.61. The number of hydrogen-bond donors (Lipinski definition) is 1. The lowest BCUT2D eigenvalue weighted by Crippen LogP contribution is -2.44. The van der Waals surface area contributed by atoms with Crippen LogP contribution in [0.5, 0.6) is 0 Å². The molecule has 1 aliphatic heterocycles. The summed E-state index contributed by atoms with van der Waals surface area (Å²) < 4.78 is 5.29. The van der Waals surface area contributed by atoms with E-state index in [-0.39, 0.29) is 11.8 Å². The average molecular weight is 381 g/mol. The number of pyridine rings is 1. The minimum Gasteiger partial charge on any atom is -0.469 e. The molecule has 6 nitrogen and oxygen atoms in total. The van der Waals surface area contributed by atoms with Gasteiger partial charge >= 0.3 is 0 Å². The summed E-state index contributed by atoms with van der Waals surface area (Å²) in [6.07, 6.45) is 3.93. The molecule has 2 amide bonds.